The van der Waals surface area contributed by atoms with Gasteiger partial charge in [-0.2, -0.15) is 0 Å². The lowest BCUT2D eigenvalue weighted by Crippen LogP contribution is -2.36. The summed E-state index contributed by atoms with van der Waals surface area (Å²) in [4.78, 5) is 2.64. The number of nitrogens with zero attached hydrogens (tertiary/aromatic N) is 1. The smallest absolute Gasteiger partial charge is 0.124 e. The second kappa shape index (κ2) is 6.33. The number of hydrogen-bond donors (Lipinski definition) is 0. The Balaban J connectivity index is 1.52. The highest BCUT2D eigenvalue weighted by Gasteiger charge is 2.62. The van der Waals surface area contributed by atoms with Crippen molar-refractivity contribution >= 4 is 0 Å². The van der Waals surface area contributed by atoms with Gasteiger partial charge in [-0.15, -0.1) is 0 Å². The Labute approximate surface area is 134 Å². The zero-order valence-electron chi connectivity index (χ0n) is 13.7. The second-order valence-corrected chi connectivity index (χ2v) is 7.46. The van der Waals surface area contributed by atoms with Crippen LogP contribution < -0.4 is 0 Å². The van der Waals surface area contributed by atoms with Gasteiger partial charge in [-0.1, -0.05) is 56.0 Å². The molecule has 2 aliphatic heterocycles. The molecule has 0 spiro atoms. The summed E-state index contributed by atoms with van der Waals surface area (Å²) in [5, 5.41) is 0. The van der Waals surface area contributed by atoms with Crippen LogP contribution in [0.5, 0.6) is 0 Å². The maximum atomic E-state index is 6.49. The molecular formula is C20H29NO. The fraction of sp³-hybridized carbons (Fsp3) is 0.700. The van der Waals surface area contributed by atoms with E-state index in [1.54, 1.807) is 0 Å². The summed E-state index contributed by atoms with van der Waals surface area (Å²) in [7, 11) is 0. The second-order valence-electron chi connectivity index (χ2n) is 7.46. The molecule has 3 aliphatic rings. The highest BCUT2D eigenvalue weighted by atomic mass is 16.6. The highest BCUT2D eigenvalue weighted by molar-refractivity contribution is 5.31. The van der Waals surface area contributed by atoms with E-state index in [0.29, 0.717) is 6.10 Å². The number of ether oxygens (including phenoxy) is 1. The van der Waals surface area contributed by atoms with Crippen molar-refractivity contribution in [3.05, 3.63) is 35.9 Å². The summed E-state index contributed by atoms with van der Waals surface area (Å²) >= 11 is 0. The van der Waals surface area contributed by atoms with Crippen LogP contribution in [0.15, 0.2) is 30.3 Å². The van der Waals surface area contributed by atoms with Crippen molar-refractivity contribution in [1.29, 1.82) is 0 Å². The minimum Gasteiger partial charge on any atom is -0.359 e. The van der Waals surface area contributed by atoms with Crippen LogP contribution in [0.4, 0.5) is 0 Å². The maximum Gasteiger partial charge on any atom is 0.124 e. The van der Waals surface area contributed by atoms with E-state index in [9.17, 15) is 0 Å². The quantitative estimate of drug-likeness (QED) is 0.768. The average Bonchev–Trinajstić information content (AvgIpc) is 3.32. The molecule has 1 aromatic rings. The molecule has 2 atom stereocenters. The molecule has 0 radical (unpaired) electrons. The van der Waals surface area contributed by atoms with E-state index < -0.39 is 0 Å². The molecule has 1 aromatic carbocycles. The predicted octanol–water partition coefficient (Wildman–Crippen LogP) is 4.35. The Morgan fingerprint density at radius 3 is 2.32 bits per heavy atom. The predicted molar refractivity (Wildman–Crippen MR) is 89.9 cm³/mol. The summed E-state index contributed by atoms with van der Waals surface area (Å²) in [6, 6.07) is 11.1. The van der Waals surface area contributed by atoms with E-state index in [0.717, 1.165) is 12.5 Å². The molecule has 2 heterocycles. The lowest BCUT2D eigenvalue weighted by molar-refractivity contribution is 0.171. The third-order valence-electron chi connectivity index (χ3n) is 6.07. The lowest BCUT2D eigenvalue weighted by Gasteiger charge is -2.30. The van der Waals surface area contributed by atoms with Crippen molar-refractivity contribution in [2.45, 2.75) is 63.1 Å². The monoisotopic (exact) mass is 299 g/mol. The van der Waals surface area contributed by atoms with E-state index in [1.807, 2.05) is 0 Å². The van der Waals surface area contributed by atoms with E-state index in [-0.39, 0.29) is 5.60 Å². The first-order valence-corrected chi connectivity index (χ1v) is 9.35. The number of piperidine rings is 1. The first-order chi connectivity index (χ1) is 10.9. The average molecular weight is 299 g/mol. The van der Waals surface area contributed by atoms with Gasteiger partial charge in [-0.25, -0.2) is 0 Å². The van der Waals surface area contributed by atoms with Crippen LogP contribution in [0.3, 0.4) is 0 Å². The highest BCUT2D eigenvalue weighted by Crippen LogP contribution is 2.56. The van der Waals surface area contributed by atoms with Gasteiger partial charge in [0.1, 0.15) is 11.7 Å². The molecule has 2 nitrogen and oxygen atoms in total. The van der Waals surface area contributed by atoms with Crippen LogP contribution in [-0.2, 0) is 10.3 Å². The van der Waals surface area contributed by atoms with Gasteiger partial charge in [0.05, 0.1) is 0 Å². The van der Waals surface area contributed by atoms with Gasteiger partial charge >= 0.3 is 0 Å². The normalized spacial score (nSPS) is 33.7. The van der Waals surface area contributed by atoms with Crippen LogP contribution in [-0.4, -0.2) is 30.6 Å². The summed E-state index contributed by atoms with van der Waals surface area (Å²) in [6.45, 7) is 3.69. The molecule has 120 valence electrons. The van der Waals surface area contributed by atoms with Gasteiger partial charge in [0.25, 0.3) is 0 Å². The van der Waals surface area contributed by atoms with E-state index in [2.05, 4.69) is 35.2 Å². The Kier molecular flexibility index (Phi) is 4.23. The number of hydrogen-bond acceptors (Lipinski definition) is 2. The van der Waals surface area contributed by atoms with E-state index in [4.69, 9.17) is 4.74 Å². The van der Waals surface area contributed by atoms with Crippen molar-refractivity contribution in [2.24, 2.45) is 5.92 Å². The van der Waals surface area contributed by atoms with Crippen LogP contribution in [0.2, 0.25) is 0 Å². The molecule has 0 unspecified atom stereocenters. The number of epoxide rings is 1. The summed E-state index contributed by atoms with van der Waals surface area (Å²) in [6.07, 6.45) is 11.5. The van der Waals surface area contributed by atoms with Crippen LogP contribution >= 0.6 is 0 Å². The fourth-order valence-corrected chi connectivity index (χ4v) is 4.83. The first kappa shape index (κ1) is 14.7. The van der Waals surface area contributed by atoms with Gasteiger partial charge in [0, 0.05) is 6.54 Å². The molecule has 4 rings (SSSR count). The summed E-state index contributed by atoms with van der Waals surface area (Å²) < 4.78 is 6.49. The molecule has 2 heteroatoms. The van der Waals surface area contributed by atoms with E-state index >= 15 is 0 Å². The molecule has 0 N–H and O–H groups in total. The van der Waals surface area contributed by atoms with Gasteiger partial charge < -0.3 is 9.64 Å². The number of benzene rings is 1. The molecule has 0 aromatic heterocycles. The van der Waals surface area contributed by atoms with Crippen molar-refractivity contribution in [1.82, 2.24) is 4.90 Å². The lowest BCUT2D eigenvalue weighted by atomic mass is 9.74. The van der Waals surface area contributed by atoms with Crippen LogP contribution in [0.25, 0.3) is 0 Å². The molecule has 1 saturated carbocycles. The number of likely N-dealkylation sites (tertiary alicyclic amines) is 1. The molecule has 0 bridgehead atoms. The Hall–Kier alpha value is -0.860. The standard InChI is InChI=1S/C20H29NO/c1-4-10-17(11-5-1)20(18-12-6-2-7-13-18)19(22-20)16-21-14-8-3-9-15-21/h1,4-5,10-11,18-19H,2-3,6-9,12-16H2/t19-,20-/m0/s1. The largest absolute Gasteiger partial charge is 0.359 e. The van der Waals surface area contributed by atoms with Gasteiger partial charge in [0.15, 0.2) is 0 Å². The van der Waals surface area contributed by atoms with Gasteiger partial charge in [-0.3, -0.25) is 0 Å². The minimum absolute atomic E-state index is 0.0408. The zero-order valence-corrected chi connectivity index (χ0v) is 13.7. The Morgan fingerprint density at radius 1 is 0.909 bits per heavy atom. The van der Waals surface area contributed by atoms with Crippen LogP contribution in [0, 0.1) is 5.92 Å². The molecule has 0 amide bonds. The van der Waals surface area contributed by atoms with E-state index in [1.165, 1.54) is 70.0 Å². The third kappa shape index (κ3) is 2.72. The summed E-state index contributed by atoms with van der Waals surface area (Å²) in [5.41, 5.74) is 1.47. The van der Waals surface area contributed by atoms with Gasteiger partial charge in [-0.05, 0) is 50.3 Å². The molecule has 22 heavy (non-hydrogen) atoms. The molecule has 1 aliphatic carbocycles. The molecule has 3 fully saturated rings. The van der Waals surface area contributed by atoms with Crippen molar-refractivity contribution < 1.29 is 4.74 Å². The Morgan fingerprint density at radius 2 is 1.59 bits per heavy atom. The summed E-state index contributed by atoms with van der Waals surface area (Å²) in [5.74, 6) is 0.735. The topological polar surface area (TPSA) is 15.8 Å². The maximum absolute atomic E-state index is 6.49. The number of rotatable bonds is 4. The minimum atomic E-state index is 0.0408. The Bertz CT molecular complexity index is 476. The van der Waals surface area contributed by atoms with Crippen molar-refractivity contribution in [3.8, 4) is 0 Å². The molecular weight excluding hydrogens is 270 g/mol. The fourth-order valence-electron chi connectivity index (χ4n) is 4.83. The van der Waals surface area contributed by atoms with Gasteiger partial charge in [0.2, 0.25) is 0 Å². The molecule has 2 saturated heterocycles. The first-order valence-electron chi connectivity index (χ1n) is 9.35. The van der Waals surface area contributed by atoms with Crippen molar-refractivity contribution in [2.75, 3.05) is 19.6 Å². The SMILES string of the molecule is c1ccc([C@@]2(C3CCCCC3)O[C@H]2CN2CCCCC2)cc1. The van der Waals surface area contributed by atoms with Crippen LogP contribution in [0.1, 0.15) is 56.9 Å². The van der Waals surface area contributed by atoms with Crippen molar-refractivity contribution in [3.63, 3.8) is 0 Å². The third-order valence-corrected chi connectivity index (χ3v) is 6.07. The zero-order chi connectivity index (χ0) is 14.8.